The predicted octanol–water partition coefficient (Wildman–Crippen LogP) is -0.391. The maximum Gasteiger partial charge on any atom is 0.260 e. The molecule has 24 heavy (non-hydrogen) atoms. The summed E-state index contributed by atoms with van der Waals surface area (Å²) in [6, 6.07) is 0. The topological polar surface area (TPSA) is 96.3 Å². The molecule has 1 amide bonds. The van der Waals surface area contributed by atoms with Crippen molar-refractivity contribution in [1.82, 2.24) is 24.5 Å². The van der Waals surface area contributed by atoms with Gasteiger partial charge < -0.3 is 14.8 Å². The maximum absolute atomic E-state index is 12.3. The van der Waals surface area contributed by atoms with Crippen molar-refractivity contribution in [1.29, 1.82) is 0 Å². The van der Waals surface area contributed by atoms with Gasteiger partial charge >= 0.3 is 0 Å². The third-order valence-electron chi connectivity index (χ3n) is 5.28. The van der Waals surface area contributed by atoms with Crippen molar-refractivity contribution in [3.8, 4) is 0 Å². The Kier molecular flexibility index (Phi) is 4.67. The largest absolute Gasteiger partial charge is 0.342 e. The normalized spacial score (nSPS) is 20.7. The number of hydrogen-bond acceptors (Lipinski definition) is 5. The number of imidazole rings is 1. The maximum atomic E-state index is 12.3. The van der Waals surface area contributed by atoms with E-state index in [-0.39, 0.29) is 17.5 Å². The van der Waals surface area contributed by atoms with Crippen molar-refractivity contribution in [2.75, 3.05) is 32.7 Å². The van der Waals surface area contributed by atoms with Gasteiger partial charge in [0.25, 0.3) is 10.0 Å². The van der Waals surface area contributed by atoms with Crippen LogP contribution in [0.3, 0.4) is 0 Å². The zero-order valence-electron chi connectivity index (χ0n) is 14.2. The van der Waals surface area contributed by atoms with E-state index in [0.717, 1.165) is 25.9 Å². The highest BCUT2D eigenvalue weighted by molar-refractivity contribution is 7.89. The van der Waals surface area contributed by atoms with E-state index in [2.05, 4.69) is 15.0 Å². The molecule has 0 bridgehead atoms. The minimum Gasteiger partial charge on any atom is -0.342 e. The van der Waals surface area contributed by atoms with Crippen LogP contribution in [-0.4, -0.2) is 61.5 Å². The van der Waals surface area contributed by atoms with Gasteiger partial charge in [-0.25, -0.2) is 18.1 Å². The minimum absolute atomic E-state index is 0.0510. The Bertz CT molecular complexity index is 692. The molecule has 0 atom stereocenters. The Morgan fingerprint density at radius 1 is 1.38 bits per heavy atom. The molecule has 2 saturated heterocycles. The van der Waals surface area contributed by atoms with Crippen molar-refractivity contribution in [3.63, 3.8) is 0 Å². The first kappa shape index (κ1) is 17.4. The zero-order chi connectivity index (χ0) is 17.4. The highest BCUT2D eigenvalue weighted by atomic mass is 32.2. The van der Waals surface area contributed by atoms with Gasteiger partial charge in [-0.15, -0.1) is 0 Å². The molecule has 2 N–H and O–H groups in total. The standard InChI is InChI=1S/C15H25N5O3S/c1-12-18-13(10-19(12)2)24(22,23)17-9-14(21)20-7-4-15(5-8-20)3-6-16-11-15/h10,16-17H,3-9,11H2,1-2H3. The Morgan fingerprint density at radius 3 is 2.62 bits per heavy atom. The fourth-order valence-electron chi connectivity index (χ4n) is 3.45. The summed E-state index contributed by atoms with van der Waals surface area (Å²) in [6.45, 7) is 4.99. The van der Waals surface area contributed by atoms with Crippen LogP contribution in [0.1, 0.15) is 25.1 Å². The quantitative estimate of drug-likeness (QED) is 0.767. The van der Waals surface area contributed by atoms with Crippen LogP contribution in [0, 0.1) is 12.3 Å². The number of nitrogens with one attached hydrogen (secondary N) is 2. The van der Waals surface area contributed by atoms with E-state index in [0.29, 0.717) is 24.3 Å². The van der Waals surface area contributed by atoms with E-state index in [1.54, 1.807) is 23.4 Å². The molecule has 1 aromatic rings. The van der Waals surface area contributed by atoms with E-state index in [1.165, 1.54) is 12.6 Å². The molecule has 8 nitrogen and oxygen atoms in total. The Labute approximate surface area is 142 Å². The first-order chi connectivity index (χ1) is 11.3. The summed E-state index contributed by atoms with van der Waals surface area (Å²) in [7, 11) is -2.03. The summed E-state index contributed by atoms with van der Waals surface area (Å²) in [5.41, 5.74) is 0.335. The minimum atomic E-state index is -3.76. The summed E-state index contributed by atoms with van der Waals surface area (Å²) in [5.74, 6) is 0.431. The third kappa shape index (κ3) is 3.47. The van der Waals surface area contributed by atoms with Crippen molar-refractivity contribution >= 4 is 15.9 Å². The first-order valence-corrected chi connectivity index (χ1v) is 9.78. The second-order valence-corrected chi connectivity index (χ2v) is 8.58. The number of rotatable bonds is 4. The number of amides is 1. The highest BCUT2D eigenvalue weighted by Gasteiger charge is 2.38. The smallest absolute Gasteiger partial charge is 0.260 e. The summed E-state index contributed by atoms with van der Waals surface area (Å²) in [6.07, 6.45) is 4.58. The van der Waals surface area contributed by atoms with Crippen molar-refractivity contribution in [3.05, 3.63) is 12.0 Å². The van der Waals surface area contributed by atoms with Gasteiger partial charge in [-0.05, 0) is 38.1 Å². The molecule has 2 aliphatic rings. The fourth-order valence-corrected chi connectivity index (χ4v) is 4.46. The summed E-state index contributed by atoms with van der Waals surface area (Å²) in [4.78, 5) is 18.1. The molecular formula is C15H25N5O3S. The number of carbonyl (C=O) groups excluding carboxylic acids is 1. The molecule has 0 radical (unpaired) electrons. The van der Waals surface area contributed by atoms with Gasteiger partial charge in [-0.3, -0.25) is 4.79 Å². The van der Waals surface area contributed by atoms with Crippen LogP contribution in [0.2, 0.25) is 0 Å². The van der Waals surface area contributed by atoms with Gasteiger partial charge in [0.2, 0.25) is 5.91 Å². The molecule has 1 aromatic heterocycles. The molecule has 0 unspecified atom stereocenters. The van der Waals surface area contributed by atoms with Crippen LogP contribution in [0.4, 0.5) is 0 Å². The lowest BCUT2D eigenvalue weighted by Gasteiger charge is -2.38. The molecule has 0 aromatic carbocycles. The lowest BCUT2D eigenvalue weighted by Crippen LogP contribution is -2.47. The fraction of sp³-hybridized carbons (Fsp3) is 0.733. The van der Waals surface area contributed by atoms with E-state index in [4.69, 9.17) is 0 Å². The van der Waals surface area contributed by atoms with Crippen LogP contribution in [0.15, 0.2) is 11.2 Å². The number of sulfonamides is 1. The number of carbonyl (C=O) groups is 1. The van der Waals surface area contributed by atoms with E-state index in [9.17, 15) is 13.2 Å². The van der Waals surface area contributed by atoms with E-state index in [1.807, 2.05) is 0 Å². The van der Waals surface area contributed by atoms with Crippen molar-refractivity contribution in [2.45, 2.75) is 31.2 Å². The van der Waals surface area contributed by atoms with Gasteiger partial charge in [0.05, 0.1) is 6.54 Å². The molecular weight excluding hydrogens is 330 g/mol. The molecule has 1 spiro atoms. The lowest BCUT2D eigenvalue weighted by molar-refractivity contribution is -0.132. The Morgan fingerprint density at radius 2 is 2.08 bits per heavy atom. The van der Waals surface area contributed by atoms with Crippen molar-refractivity contribution in [2.24, 2.45) is 12.5 Å². The van der Waals surface area contributed by atoms with Gasteiger partial charge in [0.15, 0.2) is 5.03 Å². The monoisotopic (exact) mass is 355 g/mol. The second kappa shape index (κ2) is 6.45. The van der Waals surface area contributed by atoms with Crippen LogP contribution < -0.4 is 10.0 Å². The second-order valence-electron chi connectivity index (χ2n) is 6.87. The molecule has 0 saturated carbocycles. The number of aryl methyl sites for hydroxylation is 2. The highest BCUT2D eigenvalue weighted by Crippen LogP contribution is 2.36. The number of piperidine rings is 1. The van der Waals surface area contributed by atoms with Gasteiger partial charge in [-0.2, -0.15) is 0 Å². The van der Waals surface area contributed by atoms with Crippen LogP contribution in [-0.2, 0) is 21.9 Å². The molecule has 2 fully saturated rings. The molecule has 2 aliphatic heterocycles. The molecule has 9 heteroatoms. The molecule has 0 aliphatic carbocycles. The summed E-state index contributed by atoms with van der Waals surface area (Å²) >= 11 is 0. The molecule has 3 rings (SSSR count). The number of aromatic nitrogens is 2. The van der Waals surface area contributed by atoms with Crippen LogP contribution in [0.25, 0.3) is 0 Å². The average molecular weight is 355 g/mol. The van der Waals surface area contributed by atoms with Crippen LogP contribution in [0.5, 0.6) is 0 Å². The van der Waals surface area contributed by atoms with Crippen LogP contribution >= 0.6 is 0 Å². The Balaban J connectivity index is 1.54. The van der Waals surface area contributed by atoms with Gasteiger partial charge in [-0.1, -0.05) is 0 Å². The van der Waals surface area contributed by atoms with Crippen molar-refractivity contribution < 1.29 is 13.2 Å². The van der Waals surface area contributed by atoms with E-state index < -0.39 is 10.0 Å². The van der Waals surface area contributed by atoms with Gasteiger partial charge in [0, 0.05) is 32.9 Å². The zero-order valence-corrected chi connectivity index (χ0v) is 15.0. The molecule has 134 valence electrons. The number of hydrogen-bond donors (Lipinski definition) is 2. The Hall–Kier alpha value is -1.45. The van der Waals surface area contributed by atoms with E-state index >= 15 is 0 Å². The lowest BCUT2D eigenvalue weighted by atomic mass is 9.78. The molecule has 3 heterocycles. The van der Waals surface area contributed by atoms with Gasteiger partial charge in [0.1, 0.15) is 5.82 Å². The predicted molar refractivity (Wildman–Crippen MR) is 88.9 cm³/mol. The number of nitrogens with zero attached hydrogens (tertiary/aromatic N) is 3. The first-order valence-electron chi connectivity index (χ1n) is 8.30. The SMILES string of the molecule is Cc1nc(S(=O)(=O)NCC(=O)N2CCC3(CCNC3)CC2)cn1C. The average Bonchev–Trinajstić information content (AvgIpc) is 3.14. The summed E-state index contributed by atoms with van der Waals surface area (Å²) in [5, 5.41) is 3.34. The summed E-state index contributed by atoms with van der Waals surface area (Å²) < 4.78 is 28.4. The third-order valence-corrected chi connectivity index (χ3v) is 6.56. The number of likely N-dealkylation sites (tertiary alicyclic amines) is 1.